The zero-order valence-corrected chi connectivity index (χ0v) is 17.4. The van der Waals surface area contributed by atoms with E-state index in [0.29, 0.717) is 28.1 Å². The Bertz CT molecular complexity index is 995. The second-order valence-corrected chi connectivity index (χ2v) is 8.29. The number of alkyl halides is 3. The Balaban J connectivity index is 1.40. The molecule has 0 fully saturated rings. The highest BCUT2D eigenvalue weighted by Gasteiger charge is 2.30. The summed E-state index contributed by atoms with van der Waals surface area (Å²) in [6.07, 6.45) is -4.15. The van der Waals surface area contributed by atoms with E-state index in [1.807, 2.05) is 0 Å². The number of rotatable bonds is 9. The van der Waals surface area contributed by atoms with Gasteiger partial charge in [-0.2, -0.15) is 0 Å². The highest BCUT2D eigenvalue weighted by atomic mass is 32.2. The predicted octanol–water partition coefficient (Wildman–Crippen LogP) is 4.77. The van der Waals surface area contributed by atoms with Crippen LogP contribution >= 0.6 is 23.1 Å². The van der Waals surface area contributed by atoms with E-state index in [1.165, 1.54) is 59.5 Å². The first-order valence-corrected chi connectivity index (χ1v) is 10.7. The molecule has 3 aromatic rings. The number of nitrogens with zero attached hydrogens (tertiary/aromatic N) is 2. The van der Waals surface area contributed by atoms with Crippen LogP contribution in [0.5, 0.6) is 5.75 Å². The zero-order valence-electron chi connectivity index (χ0n) is 15.8. The average Bonchev–Trinajstić information content (AvgIpc) is 3.16. The van der Waals surface area contributed by atoms with Gasteiger partial charge in [-0.1, -0.05) is 35.2 Å². The lowest BCUT2D eigenvalue weighted by Gasteiger charge is -2.09. The largest absolute Gasteiger partial charge is 0.573 e. The van der Waals surface area contributed by atoms with Gasteiger partial charge >= 0.3 is 6.36 Å². The molecule has 164 valence electrons. The minimum absolute atomic E-state index is 0.154. The lowest BCUT2D eigenvalue weighted by molar-refractivity contribution is -0.274. The molecule has 3 rings (SSSR count). The van der Waals surface area contributed by atoms with E-state index in [-0.39, 0.29) is 23.2 Å². The number of benzene rings is 2. The van der Waals surface area contributed by atoms with Crippen LogP contribution in [0.25, 0.3) is 0 Å². The van der Waals surface area contributed by atoms with Crippen LogP contribution in [0.4, 0.5) is 28.4 Å². The molecule has 1 heterocycles. The molecular weight excluding hydrogens is 456 g/mol. The molecule has 0 aliphatic carbocycles. The van der Waals surface area contributed by atoms with E-state index in [1.54, 1.807) is 12.1 Å². The Morgan fingerprint density at radius 2 is 1.77 bits per heavy atom. The fourth-order valence-corrected chi connectivity index (χ4v) is 3.96. The van der Waals surface area contributed by atoms with Crippen molar-refractivity contribution in [2.75, 3.05) is 17.6 Å². The third kappa shape index (κ3) is 8.06. The third-order valence-electron chi connectivity index (χ3n) is 3.72. The Labute approximate surface area is 183 Å². The van der Waals surface area contributed by atoms with Gasteiger partial charge in [-0.25, -0.2) is 4.39 Å². The normalized spacial score (nSPS) is 11.2. The SMILES string of the molecule is O=C(CSc1nnc(Nc2ccc(OC(F)(F)F)cc2)s1)NCCc1ccc(F)cc1. The number of thioether (sulfide) groups is 1. The second-order valence-electron chi connectivity index (χ2n) is 6.09. The lowest BCUT2D eigenvalue weighted by atomic mass is 10.1. The van der Waals surface area contributed by atoms with Gasteiger partial charge in [0, 0.05) is 12.2 Å². The van der Waals surface area contributed by atoms with Gasteiger partial charge in [0.2, 0.25) is 11.0 Å². The third-order valence-corrected chi connectivity index (χ3v) is 5.69. The van der Waals surface area contributed by atoms with E-state index in [4.69, 9.17) is 0 Å². The minimum Gasteiger partial charge on any atom is -0.406 e. The smallest absolute Gasteiger partial charge is 0.406 e. The summed E-state index contributed by atoms with van der Waals surface area (Å²) >= 11 is 2.42. The molecule has 0 aliphatic rings. The maximum Gasteiger partial charge on any atom is 0.573 e. The molecule has 2 N–H and O–H groups in total. The molecule has 2 aromatic carbocycles. The molecule has 0 saturated carbocycles. The van der Waals surface area contributed by atoms with Crippen LogP contribution in [-0.2, 0) is 11.2 Å². The Hall–Kier alpha value is -2.86. The number of ether oxygens (including phenoxy) is 1. The topological polar surface area (TPSA) is 76.1 Å². The van der Waals surface area contributed by atoms with Gasteiger partial charge in [0.1, 0.15) is 11.6 Å². The molecule has 0 atom stereocenters. The monoisotopic (exact) mass is 472 g/mol. The second kappa shape index (κ2) is 10.4. The molecule has 0 bridgehead atoms. The fourth-order valence-electron chi connectivity index (χ4n) is 2.36. The maximum absolute atomic E-state index is 12.9. The van der Waals surface area contributed by atoms with Gasteiger partial charge in [-0.3, -0.25) is 4.79 Å². The lowest BCUT2D eigenvalue weighted by Crippen LogP contribution is -2.27. The van der Waals surface area contributed by atoms with Gasteiger partial charge in [-0.05, 0) is 48.4 Å². The maximum atomic E-state index is 12.9. The number of halogens is 4. The number of anilines is 2. The zero-order chi connectivity index (χ0) is 22.3. The van der Waals surface area contributed by atoms with Crippen molar-refractivity contribution in [3.63, 3.8) is 0 Å². The van der Waals surface area contributed by atoms with Crippen LogP contribution in [-0.4, -0.2) is 34.8 Å². The van der Waals surface area contributed by atoms with Crippen LogP contribution in [0.15, 0.2) is 52.9 Å². The summed E-state index contributed by atoms with van der Waals surface area (Å²) in [7, 11) is 0. The van der Waals surface area contributed by atoms with E-state index in [2.05, 4.69) is 25.6 Å². The van der Waals surface area contributed by atoms with Crippen LogP contribution in [0.2, 0.25) is 0 Å². The summed E-state index contributed by atoms with van der Waals surface area (Å²) in [5, 5.41) is 14.0. The van der Waals surface area contributed by atoms with E-state index in [9.17, 15) is 22.4 Å². The number of hydrogen-bond donors (Lipinski definition) is 2. The van der Waals surface area contributed by atoms with Crippen molar-refractivity contribution in [1.29, 1.82) is 0 Å². The summed E-state index contributed by atoms with van der Waals surface area (Å²) in [5.41, 5.74) is 1.44. The van der Waals surface area contributed by atoms with Crippen LogP contribution in [0, 0.1) is 5.82 Å². The van der Waals surface area contributed by atoms with Crippen molar-refractivity contribution in [2.45, 2.75) is 17.1 Å². The summed E-state index contributed by atoms with van der Waals surface area (Å²) < 4.78 is 53.8. The van der Waals surface area contributed by atoms with E-state index >= 15 is 0 Å². The van der Waals surface area contributed by atoms with Gasteiger partial charge in [0.15, 0.2) is 4.34 Å². The molecule has 12 heteroatoms. The quantitative estimate of drug-likeness (QED) is 0.345. The standard InChI is InChI=1S/C19H16F4N4O2S2/c20-13-3-1-12(2-4-13)9-10-24-16(28)11-30-18-27-26-17(31-18)25-14-5-7-15(8-6-14)29-19(21,22)23/h1-8H,9-11H2,(H,24,28)(H,25,26). The first-order chi connectivity index (χ1) is 14.8. The van der Waals surface area contributed by atoms with Crippen molar-refractivity contribution >= 4 is 39.8 Å². The van der Waals surface area contributed by atoms with Gasteiger partial charge < -0.3 is 15.4 Å². The first kappa shape index (κ1) is 22.8. The van der Waals surface area contributed by atoms with E-state index < -0.39 is 6.36 Å². The summed E-state index contributed by atoms with van der Waals surface area (Å²) in [6.45, 7) is 0.433. The number of hydrogen-bond acceptors (Lipinski definition) is 7. The fraction of sp³-hybridized carbons (Fsp3) is 0.211. The van der Waals surface area contributed by atoms with E-state index in [0.717, 1.165) is 5.56 Å². The number of nitrogens with one attached hydrogen (secondary N) is 2. The van der Waals surface area contributed by atoms with Gasteiger partial charge in [0.05, 0.1) is 5.75 Å². The summed E-state index contributed by atoms with van der Waals surface area (Å²) in [4.78, 5) is 11.9. The molecular formula is C19H16F4N4O2S2. The van der Waals surface area contributed by atoms with Crippen molar-refractivity contribution in [3.8, 4) is 5.75 Å². The number of carbonyl (C=O) groups excluding carboxylic acids is 1. The highest BCUT2D eigenvalue weighted by Crippen LogP contribution is 2.29. The average molecular weight is 472 g/mol. The number of aromatic nitrogens is 2. The summed E-state index contributed by atoms with van der Waals surface area (Å²) in [5.74, 6) is -0.640. The number of amides is 1. The summed E-state index contributed by atoms with van der Waals surface area (Å²) in [6, 6.07) is 11.3. The molecule has 1 amide bonds. The van der Waals surface area contributed by atoms with Crippen LogP contribution in [0.1, 0.15) is 5.56 Å². The predicted molar refractivity (Wildman–Crippen MR) is 110 cm³/mol. The number of carbonyl (C=O) groups is 1. The molecule has 31 heavy (non-hydrogen) atoms. The van der Waals surface area contributed by atoms with Gasteiger partial charge in [0.25, 0.3) is 0 Å². The molecule has 1 aromatic heterocycles. The Kier molecular flexibility index (Phi) is 7.69. The van der Waals surface area contributed by atoms with Crippen LogP contribution < -0.4 is 15.4 Å². The van der Waals surface area contributed by atoms with Crippen LogP contribution in [0.3, 0.4) is 0 Å². The molecule has 0 radical (unpaired) electrons. The molecule has 0 spiro atoms. The molecule has 0 saturated heterocycles. The van der Waals surface area contributed by atoms with Crippen molar-refractivity contribution in [1.82, 2.24) is 15.5 Å². The van der Waals surface area contributed by atoms with Gasteiger partial charge in [-0.15, -0.1) is 23.4 Å². The van der Waals surface area contributed by atoms with Crippen molar-refractivity contribution < 1.29 is 27.1 Å². The highest BCUT2D eigenvalue weighted by molar-refractivity contribution is 8.01. The minimum atomic E-state index is -4.74. The molecule has 6 nitrogen and oxygen atoms in total. The molecule has 0 unspecified atom stereocenters. The van der Waals surface area contributed by atoms with Crippen molar-refractivity contribution in [3.05, 3.63) is 59.9 Å². The molecule has 0 aliphatic heterocycles. The van der Waals surface area contributed by atoms with Crippen molar-refractivity contribution in [2.24, 2.45) is 0 Å². The Morgan fingerprint density at radius 3 is 2.45 bits per heavy atom. The Morgan fingerprint density at radius 1 is 1.06 bits per heavy atom. The first-order valence-electron chi connectivity index (χ1n) is 8.87.